The lowest BCUT2D eigenvalue weighted by molar-refractivity contribution is -0.138. The number of hydrogen-bond acceptors (Lipinski definition) is 8. The number of ether oxygens (including phenoxy) is 2. The summed E-state index contributed by atoms with van der Waals surface area (Å²) in [4.78, 5) is 91.6. The molecule has 2 aliphatic rings. The second kappa shape index (κ2) is 27.5. The second-order valence-electron chi connectivity index (χ2n) is 23.9. The molecule has 6 N–H and O–H groups in total. The summed E-state index contributed by atoms with van der Waals surface area (Å²) in [5, 5.41) is 13.5. The van der Waals surface area contributed by atoms with Gasteiger partial charge in [0.05, 0.1) is 0 Å². The Hall–Kier alpha value is -9.18. The summed E-state index contributed by atoms with van der Waals surface area (Å²) in [7, 11) is 0. The fraction of sp³-hybridized carbons (Fsp3) is 0.333. The van der Waals surface area contributed by atoms with Crippen molar-refractivity contribution < 1.29 is 38.2 Å². The highest BCUT2D eigenvalue weighted by molar-refractivity contribution is 5.94. The number of nitrogens with zero attached hydrogens (tertiary/aromatic N) is 2. The Bertz CT molecular complexity index is 3600. The number of H-pyrrole nitrogens is 2. The first-order valence-corrected chi connectivity index (χ1v) is 29.3. The van der Waals surface area contributed by atoms with E-state index in [1.165, 1.54) is 11.1 Å². The van der Waals surface area contributed by atoms with E-state index in [4.69, 9.17) is 9.47 Å². The molecule has 85 heavy (non-hydrogen) atoms. The van der Waals surface area contributed by atoms with Gasteiger partial charge in [-0.05, 0) is 124 Å². The number of fused-ring (bicyclic) bond motifs is 4. The molecule has 6 aromatic carbocycles. The van der Waals surface area contributed by atoms with E-state index >= 15 is 0 Å². The second-order valence-corrected chi connectivity index (χ2v) is 23.9. The van der Waals surface area contributed by atoms with Gasteiger partial charge in [0, 0.05) is 79.6 Å². The van der Waals surface area contributed by atoms with Gasteiger partial charge in [-0.3, -0.25) is 19.2 Å². The van der Waals surface area contributed by atoms with Crippen LogP contribution < -0.4 is 21.3 Å². The van der Waals surface area contributed by atoms with Crippen molar-refractivity contribution in [2.24, 2.45) is 0 Å². The third kappa shape index (κ3) is 16.8. The van der Waals surface area contributed by atoms with Crippen LogP contribution in [0.15, 0.2) is 170 Å². The molecule has 6 amide bonds. The van der Waals surface area contributed by atoms with E-state index < -0.39 is 59.4 Å². The molecule has 2 aromatic heterocycles. The van der Waals surface area contributed by atoms with Gasteiger partial charge in [-0.25, -0.2) is 9.59 Å². The number of rotatable bonds is 17. The van der Waals surface area contributed by atoms with Crippen LogP contribution in [0.25, 0.3) is 21.8 Å². The fourth-order valence-corrected chi connectivity index (χ4v) is 11.0. The van der Waals surface area contributed by atoms with E-state index in [2.05, 4.69) is 43.4 Å². The minimum Gasteiger partial charge on any atom is -0.444 e. The lowest BCUT2D eigenvalue weighted by atomic mass is 9.97. The minimum atomic E-state index is -0.966. The number of aryl methyl sites for hydroxylation is 1. The maximum atomic E-state index is 14.0. The van der Waals surface area contributed by atoms with Crippen LogP contribution in [0.2, 0.25) is 0 Å². The minimum absolute atomic E-state index is 0.123. The number of aromatic nitrogens is 2. The van der Waals surface area contributed by atoms with E-state index in [-0.39, 0.29) is 24.7 Å². The van der Waals surface area contributed by atoms with Crippen molar-refractivity contribution in [3.63, 3.8) is 0 Å². The van der Waals surface area contributed by atoms with E-state index in [9.17, 15) is 28.8 Å². The average Bonchev–Trinajstić information content (AvgIpc) is 4.18. The lowest BCUT2D eigenvalue weighted by Gasteiger charge is -2.33. The largest absolute Gasteiger partial charge is 0.444 e. The molecule has 442 valence electrons. The number of carbonyl (C=O) groups excluding carboxylic acids is 6. The summed E-state index contributed by atoms with van der Waals surface area (Å²) < 4.78 is 11.0. The number of alkyl carbamates (subject to hydrolysis) is 2. The predicted octanol–water partition coefficient (Wildman–Crippen LogP) is 10.2. The van der Waals surface area contributed by atoms with Crippen LogP contribution in [0.5, 0.6) is 0 Å². The molecule has 0 saturated carbocycles. The van der Waals surface area contributed by atoms with Gasteiger partial charge in [-0.1, -0.05) is 146 Å². The van der Waals surface area contributed by atoms with Crippen molar-refractivity contribution in [3.05, 3.63) is 215 Å². The van der Waals surface area contributed by atoms with Crippen molar-refractivity contribution >= 4 is 57.6 Å². The zero-order chi connectivity index (χ0) is 60.1. The fourth-order valence-electron chi connectivity index (χ4n) is 11.0. The Kier molecular flexibility index (Phi) is 19.5. The van der Waals surface area contributed by atoms with E-state index in [1.807, 2.05) is 168 Å². The van der Waals surface area contributed by atoms with E-state index in [1.54, 1.807) is 41.5 Å². The number of nitrogens with one attached hydrogen (secondary N) is 6. The molecule has 4 heterocycles. The quantitative estimate of drug-likeness (QED) is 0.0516. The molecule has 0 bridgehead atoms. The summed E-state index contributed by atoms with van der Waals surface area (Å²) >= 11 is 0. The molecule has 0 unspecified atom stereocenters. The maximum absolute atomic E-state index is 14.0. The van der Waals surface area contributed by atoms with Gasteiger partial charge in [-0.2, -0.15) is 0 Å². The number of aromatic amines is 2. The van der Waals surface area contributed by atoms with Crippen LogP contribution >= 0.6 is 0 Å². The Morgan fingerprint density at radius 2 is 0.835 bits per heavy atom. The highest BCUT2D eigenvalue weighted by Crippen LogP contribution is 2.25. The topological polar surface area (TPSA) is 207 Å². The zero-order valence-corrected chi connectivity index (χ0v) is 49.4. The molecule has 16 nitrogen and oxygen atoms in total. The lowest BCUT2D eigenvalue weighted by Crippen LogP contribution is -2.56. The molecule has 0 aliphatic carbocycles. The molecule has 4 atom stereocenters. The van der Waals surface area contributed by atoms with Crippen LogP contribution in [0.4, 0.5) is 9.59 Å². The van der Waals surface area contributed by atoms with Crippen LogP contribution in [-0.2, 0) is 80.3 Å². The number of carbonyl (C=O) groups is 6. The number of hydrogen-bond donors (Lipinski definition) is 6. The highest BCUT2D eigenvalue weighted by atomic mass is 16.6. The van der Waals surface area contributed by atoms with Crippen molar-refractivity contribution in [2.75, 3.05) is 13.1 Å². The molecule has 0 spiro atoms. The monoisotopic (exact) mass is 1150 g/mol. The summed E-state index contributed by atoms with van der Waals surface area (Å²) in [6.07, 6.45) is 5.67. The molecule has 10 rings (SSSR count). The van der Waals surface area contributed by atoms with Crippen LogP contribution in [0.3, 0.4) is 0 Å². The molecular formula is C69H78N8O8. The Morgan fingerprint density at radius 1 is 0.447 bits per heavy atom. The third-order valence-electron chi connectivity index (χ3n) is 15.2. The van der Waals surface area contributed by atoms with Crippen molar-refractivity contribution in [2.45, 2.75) is 135 Å². The predicted molar refractivity (Wildman–Crippen MR) is 330 cm³/mol. The van der Waals surface area contributed by atoms with Gasteiger partial charge >= 0.3 is 12.2 Å². The Balaban J connectivity index is 0.000000204. The smallest absolute Gasteiger partial charge is 0.408 e. The standard InChI is InChI=1S/C35H40N4O4.C34H38N4O4/c1-35(2,3)43-34(42)38-31(21-27-22-36-29-16-10-9-15-28(27)29)32(40)37-30(18-17-24-11-5-4-6-12-24)33(41)39-20-19-25-13-7-8-14-26(25)23-39;1-34(2,3)42-33(41)37-29(20-26-21-35-28-16-10-9-15-27(26)28)31(39)36-30(19-23-11-5-4-6-12-23)32(40)38-18-17-24-13-7-8-14-25(24)22-38/h4-16,22,30-31,36H,17-21,23H2,1-3H3,(H,37,40)(H,38,42);4-16,21,29-30,35H,17-20,22H2,1-3H3,(H,36,39)(H,37,41)/t30-,31+;29-,30+/m10/s1. The Morgan fingerprint density at radius 3 is 1.29 bits per heavy atom. The van der Waals surface area contributed by atoms with Gasteiger partial charge in [0.15, 0.2) is 0 Å². The number of benzene rings is 6. The van der Waals surface area contributed by atoms with Gasteiger partial charge in [-0.15, -0.1) is 0 Å². The summed E-state index contributed by atoms with van der Waals surface area (Å²) in [5.74, 6) is -1.15. The van der Waals surface area contributed by atoms with Crippen molar-refractivity contribution in [3.8, 4) is 0 Å². The summed E-state index contributed by atoms with van der Waals surface area (Å²) in [6, 6.07) is 48.0. The summed E-state index contributed by atoms with van der Waals surface area (Å²) in [6.45, 7) is 12.8. The van der Waals surface area contributed by atoms with Gasteiger partial charge in [0.1, 0.15) is 35.4 Å². The number of para-hydroxylation sites is 2. The van der Waals surface area contributed by atoms with E-state index in [0.29, 0.717) is 45.4 Å². The van der Waals surface area contributed by atoms with Crippen molar-refractivity contribution in [1.29, 1.82) is 0 Å². The maximum Gasteiger partial charge on any atom is 0.408 e. The highest BCUT2D eigenvalue weighted by Gasteiger charge is 2.35. The number of amides is 6. The zero-order valence-electron chi connectivity index (χ0n) is 49.4. The normalized spacial score (nSPS) is 14.5. The molecule has 8 aromatic rings. The average molecular weight is 1150 g/mol. The molecule has 0 fully saturated rings. The van der Waals surface area contributed by atoms with Crippen LogP contribution in [0, 0.1) is 0 Å². The molecule has 16 heteroatoms. The van der Waals surface area contributed by atoms with Gasteiger partial charge < -0.3 is 50.5 Å². The first-order chi connectivity index (χ1) is 40.8. The molecule has 0 radical (unpaired) electrons. The molecular weight excluding hydrogens is 1070 g/mol. The SMILES string of the molecule is CC(C)(C)OC(=O)N[C@@H](Cc1c[nH]c2ccccc12)C(=O)N[C@H](CCc1ccccc1)C(=O)N1CCc2ccccc2C1.CC(C)(C)OC(=O)N[C@@H](Cc1c[nH]c2ccccc12)C(=O)N[C@H](Cc1ccccc1)C(=O)N1CCc2ccccc2C1. The Labute approximate surface area is 497 Å². The van der Waals surface area contributed by atoms with Gasteiger partial charge in [0.2, 0.25) is 23.6 Å². The molecule has 0 saturated heterocycles. The van der Waals surface area contributed by atoms with Crippen LogP contribution in [-0.4, -0.2) is 104 Å². The van der Waals surface area contributed by atoms with Crippen molar-refractivity contribution in [1.82, 2.24) is 41.0 Å². The first kappa shape index (κ1) is 60.4. The van der Waals surface area contributed by atoms with Crippen LogP contribution in [0.1, 0.15) is 92.5 Å². The first-order valence-electron chi connectivity index (χ1n) is 29.3. The summed E-state index contributed by atoms with van der Waals surface area (Å²) in [5.41, 5.74) is 8.91. The van der Waals surface area contributed by atoms with Gasteiger partial charge in [0.25, 0.3) is 0 Å². The van der Waals surface area contributed by atoms with E-state index in [0.717, 1.165) is 68.0 Å². The third-order valence-corrected chi connectivity index (χ3v) is 15.2. The molecule has 2 aliphatic heterocycles.